The van der Waals surface area contributed by atoms with Crippen LogP contribution >= 0.6 is 0 Å². The zero-order valence-electron chi connectivity index (χ0n) is 9.99. The Balaban J connectivity index is 2.66. The molecule has 1 aromatic carbocycles. The van der Waals surface area contributed by atoms with E-state index in [2.05, 4.69) is 4.74 Å². The van der Waals surface area contributed by atoms with Gasteiger partial charge in [-0.3, -0.25) is 4.90 Å². The highest BCUT2D eigenvalue weighted by Gasteiger charge is 2.25. The van der Waals surface area contributed by atoms with Crippen LogP contribution in [0.25, 0.3) is 0 Å². The maximum atomic E-state index is 11.5. The summed E-state index contributed by atoms with van der Waals surface area (Å²) in [6.45, 7) is 1.32. The number of esters is 1. The van der Waals surface area contributed by atoms with Gasteiger partial charge < -0.3 is 9.84 Å². The van der Waals surface area contributed by atoms with Gasteiger partial charge >= 0.3 is 18.0 Å². The summed E-state index contributed by atoms with van der Waals surface area (Å²) in [6.07, 6.45) is -1.00. The Kier molecular flexibility index (Phi) is 4.42. The summed E-state index contributed by atoms with van der Waals surface area (Å²) in [4.78, 5) is 34.5. The third kappa shape index (κ3) is 3.31. The van der Waals surface area contributed by atoms with Crippen LogP contribution in [0.15, 0.2) is 30.3 Å². The van der Waals surface area contributed by atoms with Gasteiger partial charge in [-0.1, -0.05) is 18.2 Å². The average Bonchev–Trinajstić information content (AvgIpc) is 2.37. The third-order valence-electron chi connectivity index (χ3n) is 2.42. The maximum absolute atomic E-state index is 11.5. The van der Waals surface area contributed by atoms with Gasteiger partial charge in [0, 0.05) is 7.05 Å². The van der Waals surface area contributed by atoms with Crippen molar-refractivity contribution in [2.24, 2.45) is 0 Å². The van der Waals surface area contributed by atoms with Crippen molar-refractivity contribution >= 4 is 18.0 Å². The van der Waals surface area contributed by atoms with E-state index in [-0.39, 0.29) is 5.56 Å². The van der Waals surface area contributed by atoms with Crippen molar-refractivity contribution in [3.05, 3.63) is 35.9 Å². The van der Waals surface area contributed by atoms with E-state index < -0.39 is 24.1 Å². The van der Waals surface area contributed by atoms with Crippen LogP contribution in [0.4, 0.5) is 4.79 Å². The van der Waals surface area contributed by atoms with E-state index in [0.717, 1.165) is 4.90 Å². The average molecular weight is 251 g/mol. The summed E-state index contributed by atoms with van der Waals surface area (Å²) in [5, 5.41) is 8.72. The Morgan fingerprint density at radius 2 is 1.78 bits per heavy atom. The number of nitrogens with zero attached hydrogens (tertiary/aromatic N) is 1. The van der Waals surface area contributed by atoms with Crippen molar-refractivity contribution in [3.63, 3.8) is 0 Å². The van der Waals surface area contributed by atoms with Crippen molar-refractivity contribution in [2.45, 2.75) is 13.0 Å². The van der Waals surface area contributed by atoms with E-state index in [4.69, 9.17) is 5.11 Å². The quantitative estimate of drug-likeness (QED) is 0.647. The Morgan fingerprint density at radius 3 is 2.28 bits per heavy atom. The van der Waals surface area contributed by atoms with E-state index in [1.165, 1.54) is 26.1 Å². The first-order valence-electron chi connectivity index (χ1n) is 5.20. The number of rotatable bonds is 3. The van der Waals surface area contributed by atoms with E-state index in [9.17, 15) is 14.4 Å². The molecular formula is C12H13NO5. The summed E-state index contributed by atoms with van der Waals surface area (Å²) >= 11 is 0. The molecule has 0 saturated carbocycles. The number of amides is 1. The zero-order valence-corrected chi connectivity index (χ0v) is 9.99. The molecule has 0 spiro atoms. The van der Waals surface area contributed by atoms with Gasteiger partial charge in [0.1, 0.15) is 6.04 Å². The fourth-order valence-electron chi connectivity index (χ4n) is 1.11. The molecule has 0 aromatic heterocycles. The van der Waals surface area contributed by atoms with Crippen molar-refractivity contribution in [1.29, 1.82) is 0 Å². The summed E-state index contributed by atoms with van der Waals surface area (Å²) in [6, 6.07) is 6.90. The zero-order chi connectivity index (χ0) is 13.7. The van der Waals surface area contributed by atoms with Crippen LogP contribution in [0.3, 0.4) is 0 Å². The van der Waals surface area contributed by atoms with Crippen LogP contribution in [0.2, 0.25) is 0 Å². The molecule has 0 heterocycles. The predicted octanol–water partition coefficient (Wildman–Crippen LogP) is 1.37. The van der Waals surface area contributed by atoms with Crippen molar-refractivity contribution < 1.29 is 24.2 Å². The number of hydrogen-bond acceptors (Lipinski definition) is 4. The summed E-state index contributed by atoms with van der Waals surface area (Å²) < 4.78 is 4.55. The molecule has 0 saturated heterocycles. The van der Waals surface area contributed by atoms with Gasteiger partial charge in [-0.05, 0) is 19.1 Å². The van der Waals surface area contributed by atoms with Crippen LogP contribution in [0, 0.1) is 0 Å². The highest BCUT2D eigenvalue weighted by molar-refractivity contribution is 5.96. The van der Waals surface area contributed by atoms with E-state index in [1.54, 1.807) is 18.2 Å². The molecule has 1 aromatic rings. The van der Waals surface area contributed by atoms with Crippen molar-refractivity contribution in [2.75, 3.05) is 7.05 Å². The highest BCUT2D eigenvalue weighted by Crippen LogP contribution is 2.05. The monoisotopic (exact) mass is 251 g/mol. The van der Waals surface area contributed by atoms with Crippen LogP contribution in [-0.2, 0) is 9.53 Å². The molecule has 6 nitrogen and oxygen atoms in total. The second-order valence-corrected chi connectivity index (χ2v) is 3.65. The number of hydrogen-bond donors (Lipinski definition) is 1. The van der Waals surface area contributed by atoms with E-state index in [1.807, 2.05) is 0 Å². The number of aliphatic carboxylic acids is 1. The van der Waals surface area contributed by atoms with Gasteiger partial charge in [-0.25, -0.2) is 14.4 Å². The molecule has 18 heavy (non-hydrogen) atoms. The number of carbonyl (C=O) groups excluding carboxylic acids is 2. The number of ether oxygens (including phenoxy) is 1. The third-order valence-corrected chi connectivity index (χ3v) is 2.42. The second-order valence-electron chi connectivity index (χ2n) is 3.65. The van der Waals surface area contributed by atoms with Crippen LogP contribution in [0.5, 0.6) is 0 Å². The Morgan fingerprint density at radius 1 is 1.22 bits per heavy atom. The summed E-state index contributed by atoms with van der Waals surface area (Å²) in [5.74, 6) is -1.99. The highest BCUT2D eigenvalue weighted by atomic mass is 16.6. The van der Waals surface area contributed by atoms with Crippen molar-refractivity contribution in [1.82, 2.24) is 4.90 Å². The minimum absolute atomic E-state index is 0.224. The van der Waals surface area contributed by atoms with Crippen LogP contribution in [-0.4, -0.2) is 41.1 Å². The smallest absolute Gasteiger partial charge is 0.418 e. The Labute approximate surface area is 104 Å². The standard InChI is InChI=1S/C12H13NO5/c1-8(10(14)15)13(2)12(17)18-11(16)9-6-4-3-5-7-9/h3-8H,1-2H3,(H,14,15). The first-order valence-corrected chi connectivity index (χ1v) is 5.20. The summed E-state index contributed by atoms with van der Waals surface area (Å²) in [7, 11) is 1.25. The first kappa shape index (κ1) is 13.7. The minimum atomic E-state index is -1.18. The molecule has 0 aliphatic rings. The molecule has 1 N–H and O–H groups in total. The number of carboxylic acid groups (broad SMARTS) is 1. The molecule has 0 radical (unpaired) electrons. The van der Waals surface area contributed by atoms with Gasteiger partial charge in [-0.2, -0.15) is 0 Å². The van der Waals surface area contributed by atoms with Gasteiger partial charge in [0.05, 0.1) is 5.56 Å². The molecule has 6 heteroatoms. The second kappa shape index (κ2) is 5.81. The Bertz CT molecular complexity index is 457. The van der Waals surface area contributed by atoms with Crippen LogP contribution in [0.1, 0.15) is 17.3 Å². The fourth-order valence-corrected chi connectivity index (χ4v) is 1.11. The fraction of sp³-hybridized carbons (Fsp3) is 0.250. The molecule has 0 bridgehead atoms. The number of carbonyl (C=O) groups is 3. The lowest BCUT2D eigenvalue weighted by atomic mass is 10.2. The van der Waals surface area contributed by atoms with E-state index >= 15 is 0 Å². The molecular weight excluding hydrogens is 238 g/mol. The lowest BCUT2D eigenvalue weighted by Gasteiger charge is -2.19. The van der Waals surface area contributed by atoms with Gasteiger partial charge in [0.2, 0.25) is 0 Å². The first-order chi connectivity index (χ1) is 8.43. The van der Waals surface area contributed by atoms with E-state index in [0.29, 0.717) is 0 Å². The molecule has 96 valence electrons. The normalized spacial score (nSPS) is 11.4. The molecule has 1 atom stereocenters. The van der Waals surface area contributed by atoms with Crippen LogP contribution < -0.4 is 0 Å². The maximum Gasteiger partial charge on any atom is 0.418 e. The molecule has 0 aliphatic heterocycles. The van der Waals surface area contributed by atoms with Gasteiger partial charge in [0.25, 0.3) is 0 Å². The topological polar surface area (TPSA) is 83.9 Å². The lowest BCUT2D eigenvalue weighted by molar-refractivity contribution is -0.141. The number of likely N-dealkylation sites (N-methyl/N-ethyl adjacent to an activating group) is 1. The minimum Gasteiger partial charge on any atom is -0.480 e. The molecule has 0 aliphatic carbocycles. The molecule has 0 fully saturated rings. The SMILES string of the molecule is CC(C(=O)O)N(C)C(=O)OC(=O)c1ccccc1. The molecule has 1 rings (SSSR count). The van der Waals surface area contributed by atoms with Gasteiger partial charge in [-0.15, -0.1) is 0 Å². The summed E-state index contributed by atoms with van der Waals surface area (Å²) in [5.41, 5.74) is 0.224. The largest absolute Gasteiger partial charge is 0.480 e. The lowest BCUT2D eigenvalue weighted by Crippen LogP contribution is -2.41. The predicted molar refractivity (Wildman–Crippen MR) is 62.1 cm³/mol. The van der Waals surface area contributed by atoms with Gasteiger partial charge in [0.15, 0.2) is 0 Å². The Hall–Kier alpha value is -2.37. The number of benzene rings is 1. The molecule has 1 unspecified atom stereocenters. The molecule has 1 amide bonds. The van der Waals surface area contributed by atoms with Crippen molar-refractivity contribution in [3.8, 4) is 0 Å². The number of carboxylic acids is 1.